The first-order chi connectivity index (χ1) is 12.5. The maximum atomic E-state index is 12.4. The molecule has 1 unspecified atom stereocenters. The molecule has 0 aliphatic rings. The van der Waals surface area contributed by atoms with Gasteiger partial charge in [-0.3, -0.25) is 9.78 Å². The molecule has 1 atom stereocenters. The van der Waals surface area contributed by atoms with Crippen LogP contribution in [-0.2, 0) is 11.2 Å². The minimum Gasteiger partial charge on any atom is -0.348 e. The summed E-state index contributed by atoms with van der Waals surface area (Å²) < 4.78 is 0. The normalized spacial score (nSPS) is 12.3. The molecule has 0 radical (unpaired) electrons. The Bertz CT molecular complexity index is 929. The molecule has 5 nitrogen and oxygen atoms in total. The van der Waals surface area contributed by atoms with Crippen LogP contribution < -0.4 is 5.32 Å². The molecule has 0 aliphatic heterocycles. The molecule has 136 valence electrons. The van der Waals surface area contributed by atoms with Crippen LogP contribution in [0.1, 0.15) is 54.0 Å². The summed E-state index contributed by atoms with van der Waals surface area (Å²) in [6, 6.07) is 8.07. The van der Waals surface area contributed by atoms with Gasteiger partial charge in [-0.25, -0.2) is 4.98 Å². The van der Waals surface area contributed by atoms with Gasteiger partial charge in [0.2, 0.25) is 5.91 Å². The molecule has 0 aliphatic carbocycles. The number of nitrogens with one attached hydrogen (secondary N) is 2. The third-order valence-corrected chi connectivity index (χ3v) is 4.85. The number of carbonyl (C=O) groups is 1. The number of pyridine rings is 1. The van der Waals surface area contributed by atoms with Crippen LogP contribution in [0.15, 0.2) is 30.5 Å². The maximum absolute atomic E-state index is 12.4. The first kappa shape index (κ1) is 18.1. The minimum atomic E-state index is -0.0528. The zero-order valence-corrected chi connectivity index (χ0v) is 15.9. The van der Waals surface area contributed by atoms with Gasteiger partial charge in [-0.15, -0.1) is 0 Å². The number of hydrogen-bond acceptors (Lipinski definition) is 3. The topological polar surface area (TPSA) is 70.7 Å². The minimum absolute atomic E-state index is 0.0218. The van der Waals surface area contributed by atoms with Gasteiger partial charge in [-0.05, 0) is 62.1 Å². The average molecular weight is 350 g/mol. The zero-order valence-electron chi connectivity index (χ0n) is 15.9. The molecule has 3 aromatic rings. The molecule has 2 N–H and O–H groups in total. The number of aryl methyl sites for hydroxylation is 4. The second kappa shape index (κ2) is 7.68. The van der Waals surface area contributed by atoms with Gasteiger partial charge in [0.1, 0.15) is 5.82 Å². The Hall–Kier alpha value is -2.69. The highest BCUT2D eigenvalue weighted by Crippen LogP contribution is 2.20. The molecule has 1 amide bonds. The van der Waals surface area contributed by atoms with E-state index in [1.54, 1.807) is 6.20 Å². The standard InChI is InChI=1S/C21H26N4O/c1-5-16(18-12-13(2)10-11-22-18)24-20(26)9-8-19-23-17-7-6-14(3)15(4)21(17)25-19/h6-7,10-12,16H,5,8-9H2,1-4H3,(H,23,25)(H,24,26). The van der Waals surface area contributed by atoms with Crippen molar-refractivity contribution < 1.29 is 4.79 Å². The van der Waals surface area contributed by atoms with Crippen LogP contribution >= 0.6 is 0 Å². The maximum Gasteiger partial charge on any atom is 0.220 e. The summed E-state index contributed by atoms with van der Waals surface area (Å²) in [7, 11) is 0. The molecule has 5 heteroatoms. The van der Waals surface area contributed by atoms with Gasteiger partial charge in [-0.1, -0.05) is 13.0 Å². The van der Waals surface area contributed by atoms with Gasteiger partial charge < -0.3 is 10.3 Å². The van der Waals surface area contributed by atoms with E-state index in [0.29, 0.717) is 12.8 Å². The third-order valence-electron chi connectivity index (χ3n) is 4.85. The Kier molecular flexibility index (Phi) is 5.35. The van der Waals surface area contributed by atoms with Crippen LogP contribution in [0.4, 0.5) is 0 Å². The second-order valence-corrected chi connectivity index (χ2v) is 6.87. The average Bonchev–Trinajstić information content (AvgIpc) is 3.05. The summed E-state index contributed by atoms with van der Waals surface area (Å²) in [5, 5.41) is 3.09. The number of fused-ring (bicyclic) bond motifs is 1. The predicted molar refractivity (Wildman–Crippen MR) is 104 cm³/mol. The number of nitrogens with zero attached hydrogens (tertiary/aromatic N) is 2. The SMILES string of the molecule is CCC(NC(=O)CCc1nc2c(C)c(C)ccc2[nH]1)c1cc(C)ccn1. The van der Waals surface area contributed by atoms with Gasteiger partial charge in [-0.2, -0.15) is 0 Å². The van der Waals surface area contributed by atoms with E-state index < -0.39 is 0 Å². The van der Waals surface area contributed by atoms with Crippen molar-refractivity contribution in [3.05, 3.63) is 58.7 Å². The van der Waals surface area contributed by atoms with E-state index in [1.807, 2.05) is 25.1 Å². The van der Waals surface area contributed by atoms with E-state index in [1.165, 1.54) is 11.1 Å². The number of aromatic nitrogens is 3. The Morgan fingerprint density at radius 2 is 2.04 bits per heavy atom. The summed E-state index contributed by atoms with van der Waals surface area (Å²) in [4.78, 5) is 24.8. The molecular formula is C21H26N4O. The van der Waals surface area contributed by atoms with Crippen LogP contribution in [0, 0.1) is 20.8 Å². The van der Waals surface area contributed by atoms with Crippen LogP contribution in [0.3, 0.4) is 0 Å². The van der Waals surface area contributed by atoms with Crippen molar-refractivity contribution in [1.82, 2.24) is 20.3 Å². The van der Waals surface area contributed by atoms with E-state index >= 15 is 0 Å². The number of imidazole rings is 1. The number of hydrogen-bond donors (Lipinski definition) is 2. The summed E-state index contributed by atoms with van der Waals surface area (Å²) in [6.07, 6.45) is 3.60. The van der Waals surface area contributed by atoms with Crippen molar-refractivity contribution in [3.63, 3.8) is 0 Å². The molecule has 0 spiro atoms. The van der Waals surface area contributed by atoms with Gasteiger partial charge in [0.25, 0.3) is 0 Å². The molecule has 0 bridgehead atoms. The van der Waals surface area contributed by atoms with Crippen molar-refractivity contribution in [1.29, 1.82) is 0 Å². The van der Waals surface area contributed by atoms with Crippen molar-refractivity contribution in [2.75, 3.05) is 0 Å². The van der Waals surface area contributed by atoms with E-state index in [2.05, 4.69) is 47.1 Å². The first-order valence-electron chi connectivity index (χ1n) is 9.14. The fraction of sp³-hybridized carbons (Fsp3) is 0.381. The van der Waals surface area contributed by atoms with Crippen LogP contribution in [0.25, 0.3) is 11.0 Å². The Balaban J connectivity index is 1.64. The zero-order chi connectivity index (χ0) is 18.7. The molecule has 3 rings (SSSR count). The van der Waals surface area contributed by atoms with Crippen molar-refractivity contribution in [2.45, 2.75) is 53.0 Å². The molecule has 0 saturated carbocycles. The van der Waals surface area contributed by atoms with Crippen molar-refractivity contribution in [3.8, 4) is 0 Å². The first-order valence-corrected chi connectivity index (χ1v) is 9.14. The van der Waals surface area contributed by atoms with Crippen molar-refractivity contribution in [2.24, 2.45) is 0 Å². The second-order valence-electron chi connectivity index (χ2n) is 6.87. The summed E-state index contributed by atoms with van der Waals surface area (Å²) in [5.41, 5.74) is 6.50. The number of benzene rings is 1. The third kappa shape index (κ3) is 3.93. The van der Waals surface area contributed by atoms with E-state index in [-0.39, 0.29) is 11.9 Å². The molecule has 26 heavy (non-hydrogen) atoms. The van der Waals surface area contributed by atoms with Gasteiger partial charge in [0.15, 0.2) is 0 Å². The Morgan fingerprint density at radius 3 is 2.77 bits per heavy atom. The fourth-order valence-corrected chi connectivity index (χ4v) is 3.12. The summed E-state index contributed by atoms with van der Waals surface area (Å²) >= 11 is 0. The Labute approximate surface area is 154 Å². The van der Waals surface area contributed by atoms with Crippen molar-refractivity contribution >= 4 is 16.9 Å². The lowest BCUT2D eigenvalue weighted by Crippen LogP contribution is -2.29. The highest BCUT2D eigenvalue weighted by Gasteiger charge is 2.15. The number of rotatable bonds is 6. The van der Waals surface area contributed by atoms with E-state index in [9.17, 15) is 4.79 Å². The van der Waals surface area contributed by atoms with Crippen LogP contribution in [0.2, 0.25) is 0 Å². The monoisotopic (exact) mass is 350 g/mol. The lowest BCUT2D eigenvalue weighted by atomic mass is 10.1. The highest BCUT2D eigenvalue weighted by molar-refractivity contribution is 5.80. The predicted octanol–water partition coefficient (Wildman–Crippen LogP) is 4.08. The molecular weight excluding hydrogens is 324 g/mol. The lowest BCUT2D eigenvalue weighted by molar-refractivity contribution is -0.121. The largest absolute Gasteiger partial charge is 0.348 e. The number of amides is 1. The molecule has 2 aromatic heterocycles. The lowest BCUT2D eigenvalue weighted by Gasteiger charge is -2.16. The van der Waals surface area contributed by atoms with Crippen LogP contribution in [0.5, 0.6) is 0 Å². The number of carbonyl (C=O) groups excluding carboxylic acids is 1. The van der Waals surface area contributed by atoms with Crippen LogP contribution in [-0.4, -0.2) is 20.9 Å². The molecule has 1 aromatic carbocycles. The van der Waals surface area contributed by atoms with E-state index in [0.717, 1.165) is 34.5 Å². The fourth-order valence-electron chi connectivity index (χ4n) is 3.12. The highest BCUT2D eigenvalue weighted by atomic mass is 16.1. The van der Waals surface area contributed by atoms with Gasteiger partial charge >= 0.3 is 0 Å². The van der Waals surface area contributed by atoms with Gasteiger partial charge in [0.05, 0.1) is 22.8 Å². The summed E-state index contributed by atoms with van der Waals surface area (Å²) in [6.45, 7) is 8.25. The molecule has 2 heterocycles. The van der Waals surface area contributed by atoms with Gasteiger partial charge in [0, 0.05) is 19.0 Å². The summed E-state index contributed by atoms with van der Waals surface area (Å²) in [5.74, 6) is 0.874. The number of H-pyrrole nitrogens is 1. The molecule has 0 fully saturated rings. The quantitative estimate of drug-likeness (QED) is 0.703. The number of aromatic amines is 1. The van der Waals surface area contributed by atoms with E-state index in [4.69, 9.17) is 0 Å². The molecule has 0 saturated heterocycles. The Morgan fingerprint density at radius 1 is 1.23 bits per heavy atom. The smallest absolute Gasteiger partial charge is 0.220 e.